The van der Waals surface area contributed by atoms with E-state index in [0.29, 0.717) is 5.56 Å². The molecule has 1 aliphatic rings. The van der Waals surface area contributed by atoms with Gasteiger partial charge in [0.05, 0.1) is 10.6 Å². The van der Waals surface area contributed by atoms with Crippen molar-refractivity contribution in [3.05, 3.63) is 34.3 Å². The standard InChI is InChI=1S/C11H11ClF3N.ClH/c12-10-7(9-5-2-6-16-9)3-1-4-8(10)11(13,14)15;/h1,3-4,9,16H,2,5-6H2;1H/t9-;/m1./s1. The number of rotatable bonds is 1. The Hall–Kier alpha value is -0.450. The minimum atomic E-state index is -4.38. The van der Waals surface area contributed by atoms with E-state index >= 15 is 0 Å². The average molecular weight is 286 g/mol. The summed E-state index contributed by atoms with van der Waals surface area (Å²) in [7, 11) is 0. The lowest BCUT2D eigenvalue weighted by atomic mass is 10.0. The van der Waals surface area contributed by atoms with E-state index < -0.39 is 11.7 Å². The van der Waals surface area contributed by atoms with Crippen LogP contribution in [0.4, 0.5) is 13.2 Å². The maximum atomic E-state index is 12.6. The molecule has 17 heavy (non-hydrogen) atoms. The van der Waals surface area contributed by atoms with Crippen LogP contribution >= 0.6 is 24.0 Å². The van der Waals surface area contributed by atoms with Gasteiger partial charge in [-0.25, -0.2) is 0 Å². The van der Waals surface area contributed by atoms with Crippen LogP contribution in [0, 0.1) is 0 Å². The van der Waals surface area contributed by atoms with Gasteiger partial charge in [0, 0.05) is 6.04 Å². The Labute approximate surface area is 109 Å². The molecule has 1 nitrogen and oxygen atoms in total. The summed E-state index contributed by atoms with van der Waals surface area (Å²) < 4.78 is 37.8. The predicted molar refractivity (Wildman–Crippen MR) is 63.7 cm³/mol. The summed E-state index contributed by atoms with van der Waals surface area (Å²) >= 11 is 5.81. The molecule has 0 amide bonds. The van der Waals surface area contributed by atoms with Crippen LogP contribution < -0.4 is 5.32 Å². The number of hydrogen-bond donors (Lipinski definition) is 1. The smallest absolute Gasteiger partial charge is 0.310 e. The summed E-state index contributed by atoms with van der Waals surface area (Å²) in [6.07, 6.45) is -2.58. The van der Waals surface area contributed by atoms with Crippen molar-refractivity contribution in [3.8, 4) is 0 Å². The van der Waals surface area contributed by atoms with Gasteiger partial charge in [0.1, 0.15) is 0 Å². The third kappa shape index (κ3) is 3.06. The van der Waals surface area contributed by atoms with Crippen molar-refractivity contribution in [2.45, 2.75) is 25.1 Å². The molecule has 2 rings (SSSR count). The van der Waals surface area contributed by atoms with E-state index in [9.17, 15) is 13.2 Å². The van der Waals surface area contributed by atoms with Crippen LogP contribution in [0.3, 0.4) is 0 Å². The van der Waals surface area contributed by atoms with Crippen molar-refractivity contribution in [1.82, 2.24) is 5.32 Å². The number of halogens is 5. The third-order valence-corrected chi connectivity index (χ3v) is 3.19. The Bertz CT molecular complexity index is 387. The summed E-state index contributed by atoms with van der Waals surface area (Å²) in [5, 5.41) is 2.97. The molecule has 1 saturated heterocycles. The van der Waals surface area contributed by atoms with Crippen LogP contribution in [-0.4, -0.2) is 6.54 Å². The second-order valence-corrected chi connectivity index (χ2v) is 4.23. The maximum absolute atomic E-state index is 12.6. The molecule has 0 unspecified atom stereocenters. The molecule has 1 aliphatic heterocycles. The van der Waals surface area contributed by atoms with Crippen molar-refractivity contribution >= 4 is 24.0 Å². The zero-order chi connectivity index (χ0) is 11.8. The highest BCUT2D eigenvalue weighted by atomic mass is 35.5. The topological polar surface area (TPSA) is 12.0 Å². The van der Waals surface area contributed by atoms with Crippen LogP contribution in [0.5, 0.6) is 0 Å². The van der Waals surface area contributed by atoms with Crippen molar-refractivity contribution in [3.63, 3.8) is 0 Å². The summed E-state index contributed by atoms with van der Waals surface area (Å²) in [5.41, 5.74) is -0.200. The second kappa shape index (κ2) is 5.46. The molecule has 6 heteroatoms. The summed E-state index contributed by atoms with van der Waals surface area (Å²) in [6.45, 7) is 0.831. The highest BCUT2D eigenvalue weighted by molar-refractivity contribution is 6.32. The Morgan fingerprint density at radius 2 is 2.00 bits per heavy atom. The fourth-order valence-corrected chi connectivity index (χ4v) is 2.35. The third-order valence-electron chi connectivity index (χ3n) is 2.77. The SMILES string of the molecule is Cl.FC(F)(F)c1cccc([C@H]2CCCN2)c1Cl. The summed E-state index contributed by atoms with van der Waals surface area (Å²) in [6, 6.07) is 4.03. The van der Waals surface area contributed by atoms with Crippen LogP contribution in [0.1, 0.15) is 30.0 Å². The molecule has 0 aliphatic carbocycles. The van der Waals surface area contributed by atoms with Crippen LogP contribution in [0.2, 0.25) is 5.02 Å². The number of hydrogen-bond acceptors (Lipinski definition) is 1. The van der Waals surface area contributed by atoms with E-state index in [-0.39, 0.29) is 23.5 Å². The monoisotopic (exact) mass is 285 g/mol. The molecular weight excluding hydrogens is 274 g/mol. The van der Waals surface area contributed by atoms with E-state index in [1.54, 1.807) is 6.07 Å². The van der Waals surface area contributed by atoms with Crippen LogP contribution in [-0.2, 0) is 6.18 Å². The van der Waals surface area contributed by atoms with E-state index in [1.165, 1.54) is 6.07 Å². The molecule has 0 radical (unpaired) electrons. The Balaban J connectivity index is 0.00000144. The molecule has 1 atom stereocenters. The summed E-state index contributed by atoms with van der Waals surface area (Å²) in [4.78, 5) is 0. The second-order valence-electron chi connectivity index (χ2n) is 3.86. The van der Waals surface area contributed by atoms with E-state index in [1.807, 2.05) is 0 Å². The number of nitrogens with one attached hydrogen (secondary N) is 1. The predicted octanol–water partition coefficient (Wildman–Crippen LogP) is 4.21. The molecule has 1 heterocycles. The van der Waals surface area contributed by atoms with Gasteiger partial charge in [-0.15, -0.1) is 12.4 Å². The molecule has 96 valence electrons. The van der Waals surface area contributed by atoms with Gasteiger partial charge in [-0.3, -0.25) is 0 Å². The quantitative estimate of drug-likeness (QED) is 0.815. The van der Waals surface area contributed by atoms with E-state index in [4.69, 9.17) is 11.6 Å². The fraction of sp³-hybridized carbons (Fsp3) is 0.455. The first kappa shape index (κ1) is 14.6. The van der Waals surface area contributed by atoms with Gasteiger partial charge >= 0.3 is 6.18 Å². The van der Waals surface area contributed by atoms with Gasteiger partial charge in [0.15, 0.2) is 0 Å². The van der Waals surface area contributed by atoms with Crippen LogP contribution in [0.25, 0.3) is 0 Å². The van der Waals surface area contributed by atoms with Gasteiger partial charge in [0.25, 0.3) is 0 Å². The van der Waals surface area contributed by atoms with Crippen LogP contribution in [0.15, 0.2) is 18.2 Å². The molecule has 1 fully saturated rings. The maximum Gasteiger partial charge on any atom is 0.417 e. The molecule has 1 aromatic carbocycles. The zero-order valence-electron chi connectivity index (χ0n) is 8.85. The average Bonchev–Trinajstić information content (AvgIpc) is 2.69. The largest absolute Gasteiger partial charge is 0.417 e. The Morgan fingerprint density at radius 1 is 1.29 bits per heavy atom. The minimum absolute atomic E-state index is 0. The normalized spacial score (nSPS) is 20.1. The Morgan fingerprint density at radius 3 is 2.53 bits per heavy atom. The first-order valence-electron chi connectivity index (χ1n) is 5.09. The fourth-order valence-electron chi connectivity index (χ4n) is 1.99. The summed E-state index contributed by atoms with van der Waals surface area (Å²) in [5.74, 6) is 0. The van der Waals surface area contributed by atoms with E-state index in [2.05, 4.69) is 5.32 Å². The highest BCUT2D eigenvalue weighted by Gasteiger charge is 2.34. The van der Waals surface area contributed by atoms with Crippen molar-refractivity contribution in [2.75, 3.05) is 6.54 Å². The van der Waals surface area contributed by atoms with Gasteiger partial charge in [-0.1, -0.05) is 23.7 Å². The first-order chi connectivity index (χ1) is 7.50. The Kier molecular flexibility index (Phi) is 4.69. The lowest BCUT2D eigenvalue weighted by Gasteiger charge is -2.16. The molecule has 1 N–H and O–H groups in total. The highest BCUT2D eigenvalue weighted by Crippen LogP contribution is 2.39. The molecule has 1 aromatic rings. The lowest BCUT2D eigenvalue weighted by Crippen LogP contribution is -2.15. The molecule has 0 saturated carbocycles. The van der Waals surface area contributed by atoms with Gasteiger partial charge in [0.2, 0.25) is 0 Å². The van der Waals surface area contributed by atoms with Gasteiger partial charge in [-0.05, 0) is 31.0 Å². The number of alkyl halides is 3. The van der Waals surface area contributed by atoms with Crippen molar-refractivity contribution in [2.24, 2.45) is 0 Å². The molecule has 0 aromatic heterocycles. The van der Waals surface area contributed by atoms with Crippen molar-refractivity contribution in [1.29, 1.82) is 0 Å². The van der Waals surface area contributed by atoms with Crippen molar-refractivity contribution < 1.29 is 13.2 Å². The first-order valence-corrected chi connectivity index (χ1v) is 5.47. The molecule has 0 bridgehead atoms. The van der Waals surface area contributed by atoms with E-state index in [0.717, 1.165) is 25.5 Å². The lowest BCUT2D eigenvalue weighted by molar-refractivity contribution is -0.137. The minimum Gasteiger partial charge on any atom is -0.310 e. The van der Waals surface area contributed by atoms with Gasteiger partial charge in [-0.2, -0.15) is 13.2 Å². The molecule has 0 spiro atoms. The number of benzene rings is 1. The zero-order valence-corrected chi connectivity index (χ0v) is 10.4. The molecular formula is C11H12Cl2F3N. The van der Waals surface area contributed by atoms with Gasteiger partial charge < -0.3 is 5.32 Å².